The van der Waals surface area contributed by atoms with E-state index in [1.54, 1.807) is 6.07 Å². The van der Waals surface area contributed by atoms with Gasteiger partial charge in [0, 0.05) is 19.3 Å². The number of pyridine rings is 1. The number of nitrogens with one attached hydrogen (secondary N) is 1. The molecule has 0 unspecified atom stereocenters. The summed E-state index contributed by atoms with van der Waals surface area (Å²) >= 11 is 6.09. The van der Waals surface area contributed by atoms with E-state index < -0.39 is 17.2 Å². The first-order valence-corrected chi connectivity index (χ1v) is 9.70. The Morgan fingerprint density at radius 3 is 2.71 bits per heavy atom. The molecule has 0 aliphatic heterocycles. The summed E-state index contributed by atoms with van der Waals surface area (Å²) in [5.41, 5.74) is 5.02. The number of nitrogens with two attached hydrogens (primary N) is 1. The van der Waals surface area contributed by atoms with E-state index in [0.29, 0.717) is 19.4 Å². The van der Waals surface area contributed by atoms with Gasteiger partial charge in [-0.1, -0.05) is 38.8 Å². The lowest BCUT2D eigenvalue weighted by Gasteiger charge is -2.25. The third-order valence-corrected chi connectivity index (χ3v) is 4.69. The fourth-order valence-electron chi connectivity index (χ4n) is 2.77. The van der Waals surface area contributed by atoms with Crippen LogP contribution in [0.1, 0.15) is 50.4 Å². The van der Waals surface area contributed by atoms with Gasteiger partial charge in [-0.15, -0.1) is 0 Å². The van der Waals surface area contributed by atoms with Crippen molar-refractivity contribution in [3.63, 3.8) is 0 Å². The maximum absolute atomic E-state index is 13.2. The molecule has 9 heteroatoms. The Morgan fingerprint density at radius 2 is 2.11 bits per heavy atom. The van der Waals surface area contributed by atoms with E-state index in [-0.39, 0.29) is 34.7 Å². The number of nitrogen functional groups attached to an aromatic ring is 1. The van der Waals surface area contributed by atoms with Crippen molar-refractivity contribution in [3.05, 3.63) is 49.9 Å². The summed E-state index contributed by atoms with van der Waals surface area (Å²) in [6.07, 6.45) is 3.67. The normalized spacial score (nSPS) is 11.0. The Kier molecular flexibility index (Phi) is 7.39. The van der Waals surface area contributed by atoms with Crippen LogP contribution in [0.2, 0.25) is 5.15 Å². The minimum Gasteiger partial charge on any atom is -0.383 e. The van der Waals surface area contributed by atoms with Gasteiger partial charge in [-0.25, -0.2) is 9.78 Å². The van der Waals surface area contributed by atoms with Gasteiger partial charge in [-0.3, -0.25) is 19.1 Å². The average molecular weight is 408 g/mol. The first-order valence-electron chi connectivity index (χ1n) is 9.32. The smallest absolute Gasteiger partial charge is 0.330 e. The third-order valence-electron chi connectivity index (χ3n) is 4.38. The van der Waals surface area contributed by atoms with E-state index in [4.69, 9.17) is 17.3 Å². The minimum absolute atomic E-state index is 0.0284. The van der Waals surface area contributed by atoms with Gasteiger partial charge in [0.15, 0.2) is 5.69 Å². The fourth-order valence-corrected chi connectivity index (χ4v) is 2.97. The molecule has 0 saturated heterocycles. The van der Waals surface area contributed by atoms with Crippen molar-refractivity contribution in [2.24, 2.45) is 5.92 Å². The SMILES string of the molecule is CCCCn1c(N)c(N(CCC(C)C)C(=O)c2cccnc2Cl)c(=O)[nH]c1=O. The molecule has 2 aromatic rings. The molecule has 3 N–H and O–H groups in total. The van der Waals surface area contributed by atoms with Crippen LogP contribution in [-0.4, -0.2) is 27.0 Å². The first-order chi connectivity index (χ1) is 13.3. The summed E-state index contributed by atoms with van der Waals surface area (Å²) in [4.78, 5) is 45.5. The van der Waals surface area contributed by atoms with E-state index in [9.17, 15) is 14.4 Å². The number of anilines is 2. The molecule has 8 nitrogen and oxygen atoms in total. The largest absolute Gasteiger partial charge is 0.383 e. The van der Waals surface area contributed by atoms with Crippen molar-refractivity contribution < 1.29 is 4.79 Å². The second-order valence-electron chi connectivity index (χ2n) is 6.98. The summed E-state index contributed by atoms with van der Waals surface area (Å²) in [7, 11) is 0. The summed E-state index contributed by atoms with van der Waals surface area (Å²) in [6.45, 7) is 6.60. The molecule has 28 heavy (non-hydrogen) atoms. The highest BCUT2D eigenvalue weighted by molar-refractivity contribution is 6.33. The number of amides is 1. The number of carbonyl (C=O) groups is 1. The molecule has 0 atom stereocenters. The van der Waals surface area contributed by atoms with Gasteiger partial charge in [0.2, 0.25) is 0 Å². The Labute approximate surface area is 168 Å². The van der Waals surface area contributed by atoms with Crippen molar-refractivity contribution >= 4 is 29.0 Å². The summed E-state index contributed by atoms with van der Waals surface area (Å²) in [5.74, 6) is -0.234. The maximum Gasteiger partial charge on any atom is 0.330 e. The van der Waals surface area contributed by atoms with Crippen LogP contribution >= 0.6 is 11.6 Å². The van der Waals surface area contributed by atoms with E-state index in [1.807, 2.05) is 20.8 Å². The zero-order valence-corrected chi connectivity index (χ0v) is 17.1. The van der Waals surface area contributed by atoms with Gasteiger partial charge in [0.1, 0.15) is 11.0 Å². The molecule has 0 aromatic carbocycles. The van der Waals surface area contributed by atoms with E-state index in [2.05, 4.69) is 9.97 Å². The van der Waals surface area contributed by atoms with Gasteiger partial charge in [0.05, 0.1) is 5.56 Å². The second-order valence-corrected chi connectivity index (χ2v) is 7.34. The predicted octanol–water partition coefficient (Wildman–Crippen LogP) is 2.66. The molecule has 2 rings (SSSR count). The predicted molar refractivity (Wildman–Crippen MR) is 111 cm³/mol. The molecular weight excluding hydrogens is 382 g/mol. The molecule has 0 radical (unpaired) electrons. The highest BCUT2D eigenvalue weighted by Gasteiger charge is 2.26. The van der Waals surface area contributed by atoms with Gasteiger partial charge in [-0.2, -0.15) is 0 Å². The van der Waals surface area contributed by atoms with Crippen LogP contribution in [0.15, 0.2) is 27.9 Å². The van der Waals surface area contributed by atoms with Crippen LogP contribution in [0.3, 0.4) is 0 Å². The van der Waals surface area contributed by atoms with Gasteiger partial charge < -0.3 is 10.6 Å². The Morgan fingerprint density at radius 1 is 1.39 bits per heavy atom. The number of rotatable bonds is 8. The zero-order valence-electron chi connectivity index (χ0n) is 16.4. The van der Waals surface area contributed by atoms with Crippen molar-refractivity contribution in [2.45, 2.75) is 46.6 Å². The average Bonchev–Trinajstić information content (AvgIpc) is 2.63. The Hall–Kier alpha value is -2.61. The fraction of sp³-hybridized carbons (Fsp3) is 0.474. The van der Waals surface area contributed by atoms with Crippen LogP contribution in [0.5, 0.6) is 0 Å². The number of aromatic nitrogens is 3. The lowest BCUT2D eigenvalue weighted by molar-refractivity contribution is 0.0985. The van der Waals surface area contributed by atoms with E-state index in [0.717, 1.165) is 6.42 Å². The molecule has 0 bridgehead atoms. The monoisotopic (exact) mass is 407 g/mol. The molecule has 2 aromatic heterocycles. The summed E-state index contributed by atoms with van der Waals surface area (Å²) in [5, 5.41) is 0.0383. The van der Waals surface area contributed by atoms with Crippen LogP contribution < -0.4 is 21.9 Å². The summed E-state index contributed by atoms with van der Waals surface area (Å²) < 4.78 is 1.29. The quantitative estimate of drug-likeness (QED) is 0.653. The van der Waals surface area contributed by atoms with Crippen molar-refractivity contribution in [3.8, 4) is 0 Å². The highest BCUT2D eigenvalue weighted by atomic mass is 35.5. The molecule has 2 heterocycles. The topological polar surface area (TPSA) is 114 Å². The molecule has 1 amide bonds. The number of H-pyrrole nitrogens is 1. The first kappa shape index (κ1) is 21.7. The molecule has 0 aliphatic rings. The molecule has 0 aliphatic carbocycles. The molecule has 152 valence electrons. The van der Waals surface area contributed by atoms with Crippen LogP contribution in [0, 0.1) is 5.92 Å². The standard InChI is InChI=1S/C19H26ClN5O3/c1-4-5-10-25-16(21)14(17(26)23-19(25)28)24(11-8-12(2)3)18(27)13-7-6-9-22-15(13)20/h6-7,9,12H,4-5,8,10-11,21H2,1-3H3,(H,23,26,28). The zero-order chi connectivity index (χ0) is 20.8. The Balaban J connectivity index is 2.61. The van der Waals surface area contributed by atoms with Crippen LogP contribution in [0.25, 0.3) is 0 Å². The number of nitrogens with zero attached hydrogens (tertiary/aromatic N) is 3. The van der Waals surface area contributed by atoms with Crippen LogP contribution in [0.4, 0.5) is 11.5 Å². The number of hydrogen-bond acceptors (Lipinski definition) is 5. The molecule has 0 saturated carbocycles. The summed E-state index contributed by atoms with van der Waals surface area (Å²) in [6, 6.07) is 3.13. The number of halogens is 1. The lowest BCUT2D eigenvalue weighted by Crippen LogP contribution is -2.42. The van der Waals surface area contributed by atoms with Gasteiger partial charge >= 0.3 is 5.69 Å². The number of aromatic amines is 1. The van der Waals surface area contributed by atoms with Crippen molar-refractivity contribution in [2.75, 3.05) is 17.2 Å². The van der Waals surface area contributed by atoms with E-state index in [1.165, 1.54) is 21.7 Å². The van der Waals surface area contributed by atoms with E-state index >= 15 is 0 Å². The highest BCUT2D eigenvalue weighted by Crippen LogP contribution is 2.23. The second kappa shape index (κ2) is 9.54. The number of unbranched alkanes of at least 4 members (excludes halogenated alkanes) is 1. The number of carbonyl (C=O) groups excluding carboxylic acids is 1. The number of hydrogen-bond donors (Lipinski definition) is 2. The molecular formula is C19H26ClN5O3. The van der Waals surface area contributed by atoms with Gasteiger partial charge in [-0.05, 0) is 30.9 Å². The van der Waals surface area contributed by atoms with Crippen molar-refractivity contribution in [1.82, 2.24) is 14.5 Å². The van der Waals surface area contributed by atoms with Crippen LogP contribution in [-0.2, 0) is 6.54 Å². The molecule has 0 spiro atoms. The maximum atomic E-state index is 13.2. The Bertz CT molecular complexity index is 951. The van der Waals surface area contributed by atoms with Crippen molar-refractivity contribution in [1.29, 1.82) is 0 Å². The lowest BCUT2D eigenvalue weighted by atomic mass is 10.1. The minimum atomic E-state index is -0.702. The van der Waals surface area contributed by atoms with Gasteiger partial charge in [0.25, 0.3) is 11.5 Å². The third kappa shape index (κ3) is 4.81. The molecule has 0 fully saturated rings.